The third kappa shape index (κ3) is 4.38. The fourth-order valence-electron chi connectivity index (χ4n) is 2.29. The van der Waals surface area contributed by atoms with E-state index in [1.165, 1.54) is 30.5 Å². The standard InChI is InChI=1S/C19H14F3N3O/c20-19(21,22)14-5-4-8-16(12-14)24-17-11-13(9-10-23-17)18(26)25-15-6-2-1-3-7-15/h1-12H,(H,23,24)(H,25,26). The Morgan fingerprint density at radius 1 is 0.885 bits per heavy atom. The van der Waals surface area contributed by atoms with Crippen molar-refractivity contribution in [3.63, 3.8) is 0 Å². The van der Waals surface area contributed by atoms with Gasteiger partial charge < -0.3 is 10.6 Å². The van der Waals surface area contributed by atoms with Crippen LogP contribution in [0.1, 0.15) is 15.9 Å². The Labute approximate surface area is 147 Å². The van der Waals surface area contributed by atoms with Crippen LogP contribution in [0.15, 0.2) is 72.9 Å². The summed E-state index contributed by atoms with van der Waals surface area (Å²) >= 11 is 0. The van der Waals surface area contributed by atoms with E-state index in [0.29, 0.717) is 11.3 Å². The van der Waals surface area contributed by atoms with Gasteiger partial charge in [-0.2, -0.15) is 13.2 Å². The minimum absolute atomic E-state index is 0.230. The van der Waals surface area contributed by atoms with Crippen LogP contribution in [0, 0.1) is 0 Å². The molecule has 0 atom stereocenters. The predicted octanol–water partition coefficient (Wildman–Crippen LogP) is 5.10. The molecule has 0 unspecified atom stereocenters. The van der Waals surface area contributed by atoms with E-state index in [4.69, 9.17) is 0 Å². The van der Waals surface area contributed by atoms with Crippen LogP contribution in [0.4, 0.5) is 30.4 Å². The maximum absolute atomic E-state index is 12.8. The maximum atomic E-state index is 12.8. The van der Waals surface area contributed by atoms with Crippen molar-refractivity contribution in [2.45, 2.75) is 6.18 Å². The molecule has 2 aromatic carbocycles. The summed E-state index contributed by atoms with van der Waals surface area (Å²) in [5.41, 5.74) is 0.438. The molecule has 0 radical (unpaired) electrons. The molecular weight excluding hydrogens is 343 g/mol. The molecule has 0 fully saturated rings. The number of pyridine rings is 1. The van der Waals surface area contributed by atoms with E-state index in [9.17, 15) is 18.0 Å². The van der Waals surface area contributed by atoms with Crippen LogP contribution in [0.2, 0.25) is 0 Å². The Balaban J connectivity index is 1.76. The number of anilines is 3. The molecule has 1 heterocycles. The Hall–Kier alpha value is -3.35. The molecule has 4 nitrogen and oxygen atoms in total. The largest absolute Gasteiger partial charge is 0.416 e. The zero-order valence-corrected chi connectivity index (χ0v) is 13.4. The minimum atomic E-state index is -4.43. The predicted molar refractivity (Wildman–Crippen MR) is 93.4 cm³/mol. The minimum Gasteiger partial charge on any atom is -0.340 e. The van der Waals surface area contributed by atoms with E-state index in [1.54, 1.807) is 24.3 Å². The number of alkyl halides is 3. The lowest BCUT2D eigenvalue weighted by molar-refractivity contribution is -0.137. The van der Waals surface area contributed by atoms with Crippen molar-refractivity contribution >= 4 is 23.1 Å². The van der Waals surface area contributed by atoms with Crippen LogP contribution in [-0.4, -0.2) is 10.9 Å². The lowest BCUT2D eigenvalue weighted by atomic mass is 10.2. The first-order valence-electron chi connectivity index (χ1n) is 7.68. The molecule has 3 rings (SSSR count). The Bertz CT molecular complexity index is 911. The van der Waals surface area contributed by atoms with Crippen LogP contribution in [0.5, 0.6) is 0 Å². The summed E-state index contributed by atoms with van der Waals surface area (Å²) in [6.07, 6.45) is -3.02. The molecule has 0 saturated carbocycles. The molecule has 7 heteroatoms. The first-order chi connectivity index (χ1) is 12.4. The number of aromatic nitrogens is 1. The highest BCUT2D eigenvalue weighted by molar-refractivity contribution is 6.04. The summed E-state index contributed by atoms with van der Waals surface area (Å²) in [5, 5.41) is 5.52. The lowest BCUT2D eigenvalue weighted by Crippen LogP contribution is -2.12. The number of carbonyl (C=O) groups excluding carboxylic acids is 1. The van der Waals surface area contributed by atoms with Crippen LogP contribution < -0.4 is 10.6 Å². The summed E-state index contributed by atoms with van der Waals surface area (Å²) in [7, 11) is 0. The number of rotatable bonds is 4. The number of halogens is 3. The van der Waals surface area contributed by atoms with Crippen LogP contribution in [0.25, 0.3) is 0 Å². The van der Waals surface area contributed by atoms with Crippen molar-refractivity contribution in [2.24, 2.45) is 0 Å². The van der Waals surface area contributed by atoms with Gasteiger partial charge in [-0.05, 0) is 42.5 Å². The Morgan fingerprint density at radius 2 is 1.62 bits per heavy atom. The summed E-state index contributed by atoms with van der Waals surface area (Å²) in [5.74, 6) is -0.0734. The Kier molecular flexibility index (Phi) is 4.88. The quantitative estimate of drug-likeness (QED) is 0.683. The molecule has 3 aromatic rings. The summed E-state index contributed by atoms with van der Waals surface area (Å²) in [4.78, 5) is 16.3. The average molecular weight is 357 g/mol. The van der Waals surface area contributed by atoms with E-state index < -0.39 is 11.7 Å². The molecule has 0 bridgehead atoms. The number of hydrogen-bond acceptors (Lipinski definition) is 3. The molecular formula is C19H14F3N3O. The molecule has 0 aliphatic carbocycles. The summed E-state index contributed by atoms with van der Waals surface area (Å²) < 4.78 is 38.4. The molecule has 1 amide bonds. The van der Waals surface area contributed by atoms with E-state index in [2.05, 4.69) is 15.6 Å². The van der Waals surface area contributed by atoms with Gasteiger partial charge in [0, 0.05) is 23.1 Å². The monoisotopic (exact) mass is 357 g/mol. The molecule has 0 spiro atoms. The van der Waals surface area contributed by atoms with E-state index in [-0.39, 0.29) is 17.4 Å². The first kappa shape index (κ1) is 17.5. The number of benzene rings is 2. The van der Waals surface area contributed by atoms with Gasteiger partial charge in [-0.3, -0.25) is 4.79 Å². The number of nitrogens with one attached hydrogen (secondary N) is 2. The highest BCUT2D eigenvalue weighted by atomic mass is 19.4. The fourth-order valence-corrected chi connectivity index (χ4v) is 2.29. The molecule has 0 aliphatic rings. The second-order valence-electron chi connectivity index (χ2n) is 5.45. The van der Waals surface area contributed by atoms with Crippen molar-refractivity contribution in [2.75, 3.05) is 10.6 Å². The van der Waals surface area contributed by atoms with Gasteiger partial charge in [-0.15, -0.1) is 0 Å². The van der Waals surface area contributed by atoms with Crippen LogP contribution in [-0.2, 0) is 6.18 Å². The number of amides is 1. The van der Waals surface area contributed by atoms with E-state index in [0.717, 1.165) is 12.1 Å². The van der Waals surface area contributed by atoms with Crippen molar-refractivity contribution in [1.29, 1.82) is 0 Å². The molecule has 1 aromatic heterocycles. The highest BCUT2D eigenvalue weighted by Crippen LogP contribution is 2.31. The molecule has 0 saturated heterocycles. The average Bonchev–Trinajstić information content (AvgIpc) is 2.62. The Morgan fingerprint density at radius 3 is 2.35 bits per heavy atom. The lowest BCUT2D eigenvalue weighted by Gasteiger charge is -2.11. The zero-order valence-electron chi connectivity index (χ0n) is 13.4. The van der Waals surface area contributed by atoms with Gasteiger partial charge in [0.25, 0.3) is 5.91 Å². The number of nitrogens with zero attached hydrogens (tertiary/aromatic N) is 1. The molecule has 0 aliphatic heterocycles. The normalized spacial score (nSPS) is 11.0. The molecule has 26 heavy (non-hydrogen) atoms. The van der Waals surface area contributed by atoms with Gasteiger partial charge in [0.2, 0.25) is 0 Å². The van der Waals surface area contributed by atoms with Gasteiger partial charge in [0.15, 0.2) is 0 Å². The van der Waals surface area contributed by atoms with Gasteiger partial charge in [-0.25, -0.2) is 4.98 Å². The van der Waals surface area contributed by atoms with Gasteiger partial charge >= 0.3 is 6.18 Å². The van der Waals surface area contributed by atoms with Crippen molar-refractivity contribution in [1.82, 2.24) is 4.98 Å². The number of para-hydroxylation sites is 1. The smallest absolute Gasteiger partial charge is 0.340 e. The summed E-state index contributed by atoms with van der Waals surface area (Å²) in [6.45, 7) is 0. The van der Waals surface area contributed by atoms with Crippen molar-refractivity contribution in [3.8, 4) is 0 Å². The fraction of sp³-hybridized carbons (Fsp3) is 0.0526. The van der Waals surface area contributed by atoms with Crippen molar-refractivity contribution in [3.05, 3.63) is 84.1 Å². The summed E-state index contributed by atoms with van der Waals surface area (Å²) in [6, 6.07) is 16.7. The van der Waals surface area contributed by atoms with Crippen LogP contribution >= 0.6 is 0 Å². The van der Waals surface area contributed by atoms with Gasteiger partial charge in [0.1, 0.15) is 5.82 Å². The maximum Gasteiger partial charge on any atom is 0.416 e. The number of hydrogen-bond donors (Lipinski definition) is 2. The second-order valence-corrected chi connectivity index (χ2v) is 5.45. The second kappa shape index (κ2) is 7.26. The van der Waals surface area contributed by atoms with Crippen LogP contribution in [0.3, 0.4) is 0 Å². The van der Waals surface area contributed by atoms with Gasteiger partial charge in [0.05, 0.1) is 5.56 Å². The highest BCUT2D eigenvalue weighted by Gasteiger charge is 2.30. The topological polar surface area (TPSA) is 54.0 Å². The third-order valence-corrected chi connectivity index (χ3v) is 3.52. The molecule has 132 valence electrons. The SMILES string of the molecule is O=C(Nc1ccccc1)c1ccnc(Nc2cccc(C(F)(F)F)c2)c1. The van der Waals surface area contributed by atoms with Crippen molar-refractivity contribution < 1.29 is 18.0 Å². The van der Waals surface area contributed by atoms with E-state index >= 15 is 0 Å². The first-order valence-corrected chi connectivity index (χ1v) is 7.68. The van der Waals surface area contributed by atoms with Gasteiger partial charge in [-0.1, -0.05) is 24.3 Å². The third-order valence-electron chi connectivity index (χ3n) is 3.52. The molecule has 2 N–H and O–H groups in total. The zero-order chi connectivity index (χ0) is 18.6. The number of carbonyl (C=O) groups is 1. The van der Waals surface area contributed by atoms with E-state index in [1.807, 2.05) is 6.07 Å².